The zero-order valence-electron chi connectivity index (χ0n) is 13.9. The standard InChI is InChI=1S/C19H23NO3S/c1-24(22,23)15-18-12-10-17(11-13-18)14-20-19(21)9-5-8-16-6-3-2-4-7-16/h2-4,6-7,10-13H,5,8-9,14-15H2,1H3,(H,20,21). The van der Waals surface area contributed by atoms with Gasteiger partial charge in [0.2, 0.25) is 5.91 Å². The highest BCUT2D eigenvalue weighted by molar-refractivity contribution is 7.89. The third-order valence-corrected chi connectivity index (χ3v) is 4.51. The van der Waals surface area contributed by atoms with Crippen molar-refractivity contribution < 1.29 is 13.2 Å². The highest BCUT2D eigenvalue weighted by Crippen LogP contribution is 2.08. The van der Waals surface area contributed by atoms with E-state index in [2.05, 4.69) is 17.4 Å². The first-order valence-electron chi connectivity index (χ1n) is 7.98. The molecule has 0 aromatic heterocycles. The Bertz CT molecular complexity index is 753. The summed E-state index contributed by atoms with van der Waals surface area (Å²) in [4.78, 5) is 11.9. The minimum absolute atomic E-state index is 0.0335. The van der Waals surface area contributed by atoms with E-state index in [-0.39, 0.29) is 11.7 Å². The third-order valence-electron chi connectivity index (χ3n) is 3.65. The Kier molecular flexibility index (Phi) is 6.55. The largest absolute Gasteiger partial charge is 0.352 e. The van der Waals surface area contributed by atoms with Crippen molar-refractivity contribution in [3.63, 3.8) is 0 Å². The van der Waals surface area contributed by atoms with Crippen LogP contribution in [0.4, 0.5) is 0 Å². The number of hydrogen-bond donors (Lipinski definition) is 1. The van der Waals surface area contributed by atoms with E-state index < -0.39 is 9.84 Å². The van der Waals surface area contributed by atoms with E-state index in [1.807, 2.05) is 30.3 Å². The first-order chi connectivity index (χ1) is 11.4. The molecule has 0 aliphatic heterocycles. The van der Waals surface area contributed by atoms with Crippen LogP contribution >= 0.6 is 0 Å². The van der Waals surface area contributed by atoms with Crippen LogP contribution in [0.2, 0.25) is 0 Å². The molecule has 128 valence electrons. The smallest absolute Gasteiger partial charge is 0.220 e. The lowest BCUT2D eigenvalue weighted by Gasteiger charge is -2.07. The summed E-state index contributed by atoms with van der Waals surface area (Å²) < 4.78 is 22.5. The number of amides is 1. The molecule has 0 heterocycles. The van der Waals surface area contributed by atoms with Crippen molar-refractivity contribution in [2.75, 3.05) is 6.26 Å². The summed E-state index contributed by atoms with van der Waals surface area (Å²) in [6.45, 7) is 0.462. The molecule has 0 saturated heterocycles. The molecule has 2 aromatic rings. The number of rotatable bonds is 8. The number of nitrogens with one attached hydrogen (secondary N) is 1. The van der Waals surface area contributed by atoms with Gasteiger partial charge in [0.15, 0.2) is 9.84 Å². The quantitative estimate of drug-likeness (QED) is 0.800. The highest BCUT2D eigenvalue weighted by Gasteiger charge is 2.05. The molecule has 2 aromatic carbocycles. The monoisotopic (exact) mass is 345 g/mol. The third kappa shape index (κ3) is 6.96. The Hall–Kier alpha value is -2.14. The van der Waals surface area contributed by atoms with Gasteiger partial charge in [0.25, 0.3) is 0 Å². The Morgan fingerprint density at radius 3 is 2.17 bits per heavy atom. The van der Waals surface area contributed by atoms with Gasteiger partial charge < -0.3 is 5.32 Å². The molecule has 24 heavy (non-hydrogen) atoms. The molecule has 0 saturated carbocycles. The molecular weight excluding hydrogens is 322 g/mol. The number of aryl methyl sites for hydroxylation is 1. The van der Waals surface area contributed by atoms with E-state index in [0.717, 1.165) is 24.0 Å². The van der Waals surface area contributed by atoms with Crippen molar-refractivity contribution in [1.82, 2.24) is 5.32 Å². The maximum atomic E-state index is 11.9. The van der Waals surface area contributed by atoms with Crippen molar-refractivity contribution in [2.24, 2.45) is 0 Å². The van der Waals surface area contributed by atoms with Crippen molar-refractivity contribution in [1.29, 1.82) is 0 Å². The fourth-order valence-electron chi connectivity index (χ4n) is 2.44. The number of sulfone groups is 1. The number of benzene rings is 2. The predicted molar refractivity (Wildman–Crippen MR) is 96.2 cm³/mol. The van der Waals surface area contributed by atoms with Gasteiger partial charge in [0, 0.05) is 19.2 Å². The SMILES string of the molecule is CS(=O)(=O)Cc1ccc(CNC(=O)CCCc2ccccc2)cc1. The second kappa shape index (κ2) is 8.64. The molecule has 0 bridgehead atoms. The summed E-state index contributed by atoms with van der Waals surface area (Å²) in [6, 6.07) is 17.4. The van der Waals surface area contributed by atoms with Gasteiger partial charge in [0.05, 0.1) is 5.75 Å². The molecule has 0 atom stereocenters. The highest BCUT2D eigenvalue weighted by atomic mass is 32.2. The van der Waals surface area contributed by atoms with E-state index in [0.29, 0.717) is 13.0 Å². The molecular formula is C19H23NO3S. The Morgan fingerprint density at radius 2 is 1.54 bits per heavy atom. The topological polar surface area (TPSA) is 63.2 Å². The molecule has 0 aliphatic carbocycles. The normalized spacial score (nSPS) is 11.2. The molecule has 0 spiro atoms. The number of carbonyl (C=O) groups is 1. The van der Waals surface area contributed by atoms with Gasteiger partial charge in [-0.25, -0.2) is 8.42 Å². The molecule has 0 fully saturated rings. The van der Waals surface area contributed by atoms with Gasteiger partial charge >= 0.3 is 0 Å². The van der Waals surface area contributed by atoms with Crippen molar-refractivity contribution in [2.45, 2.75) is 31.6 Å². The van der Waals surface area contributed by atoms with Crippen LogP contribution in [0.25, 0.3) is 0 Å². The van der Waals surface area contributed by atoms with E-state index in [9.17, 15) is 13.2 Å². The van der Waals surface area contributed by atoms with Crippen molar-refractivity contribution in [3.8, 4) is 0 Å². The van der Waals surface area contributed by atoms with E-state index in [1.165, 1.54) is 11.8 Å². The first-order valence-corrected chi connectivity index (χ1v) is 10.0. The van der Waals surface area contributed by atoms with Gasteiger partial charge in [-0.05, 0) is 29.5 Å². The van der Waals surface area contributed by atoms with Gasteiger partial charge in [-0.1, -0.05) is 54.6 Å². The molecule has 0 aliphatic rings. The van der Waals surface area contributed by atoms with Crippen LogP contribution in [0.1, 0.15) is 29.5 Å². The van der Waals surface area contributed by atoms with Crippen molar-refractivity contribution >= 4 is 15.7 Å². The lowest BCUT2D eigenvalue weighted by Crippen LogP contribution is -2.22. The fraction of sp³-hybridized carbons (Fsp3) is 0.316. The van der Waals surface area contributed by atoms with Crippen LogP contribution in [0.5, 0.6) is 0 Å². The molecule has 4 nitrogen and oxygen atoms in total. The van der Waals surface area contributed by atoms with Gasteiger partial charge in [-0.2, -0.15) is 0 Å². The number of hydrogen-bond acceptors (Lipinski definition) is 3. The summed E-state index contributed by atoms with van der Waals surface area (Å²) in [7, 11) is -3.02. The van der Waals surface area contributed by atoms with Crippen LogP contribution in [0, 0.1) is 0 Å². The zero-order chi connectivity index (χ0) is 17.4. The maximum Gasteiger partial charge on any atom is 0.220 e. The van der Waals surface area contributed by atoms with Crippen LogP contribution in [0.15, 0.2) is 54.6 Å². The van der Waals surface area contributed by atoms with Crippen molar-refractivity contribution in [3.05, 3.63) is 71.3 Å². The maximum absolute atomic E-state index is 11.9. The Balaban J connectivity index is 1.71. The summed E-state index contributed by atoms with van der Waals surface area (Å²) in [5.41, 5.74) is 2.96. The van der Waals surface area contributed by atoms with Crippen LogP contribution in [0.3, 0.4) is 0 Å². The molecule has 0 radical (unpaired) electrons. The Morgan fingerprint density at radius 1 is 0.917 bits per heavy atom. The van der Waals surface area contributed by atoms with Gasteiger partial charge in [0.1, 0.15) is 0 Å². The minimum Gasteiger partial charge on any atom is -0.352 e. The molecule has 1 N–H and O–H groups in total. The van der Waals surface area contributed by atoms with Crippen LogP contribution in [-0.4, -0.2) is 20.6 Å². The molecule has 0 unspecified atom stereocenters. The zero-order valence-corrected chi connectivity index (χ0v) is 14.7. The average molecular weight is 345 g/mol. The first kappa shape index (κ1) is 18.2. The fourth-order valence-corrected chi connectivity index (χ4v) is 3.24. The second-order valence-corrected chi connectivity index (χ2v) is 8.14. The summed E-state index contributed by atoms with van der Waals surface area (Å²) in [5, 5.41) is 2.90. The van der Waals surface area contributed by atoms with E-state index >= 15 is 0 Å². The summed E-state index contributed by atoms with van der Waals surface area (Å²) in [6.07, 6.45) is 3.44. The summed E-state index contributed by atoms with van der Waals surface area (Å²) >= 11 is 0. The molecule has 1 amide bonds. The Labute approximate surface area is 143 Å². The van der Waals surface area contributed by atoms with E-state index in [1.54, 1.807) is 12.1 Å². The predicted octanol–water partition coefficient (Wildman–Crippen LogP) is 2.87. The average Bonchev–Trinajstić information content (AvgIpc) is 2.54. The molecule has 2 rings (SSSR count). The van der Waals surface area contributed by atoms with E-state index in [4.69, 9.17) is 0 Å². The van der Waals surface area contributed by atoms with Crippen LogP contribution in [-0.2, 0) is 33.4 Å². The van der Waals surface area contributed by atoms with Crippen LogP contribution < -0.4 is 5.32 Å². The molecule has 5 heteroatoms. The second-order valence-electron chi connectivity index (χ2n) is 6.00. The lowest BCUT2D eigenvalue weighted by molar-refractivity contribution is -0.121. The van der Waals surface area contributed by atoms with Gasteiger partial charge in [-0.15, -0.1) is 0 Å². The summed E-state index contributed by atoms with van der Waals surface area (Å²) in [5.74, 6) is 0.0743. The lowest BCUT2D eigenvalue weighted by atomic mass is 10.1. The van der Waals surface area contributed by atoms with Gasteiger partial charge in [-0.3, -0.25) is 4.79 Å². The minimum atomic E-state index is -3.02. The number of carbonyl (C=O) groups excluding carboxylic acids is 1.